The fraction of sp³-hybridized carbons (Fsp3) is 0.533. The average molecular weight is 269 g/mol. The Labute approximate surface area is 118 Å². The smallest absolute Gasteiger partial charge is 0.134 e. The monoisotopic (exact) mass is 269 g/mol. The van der Waals surface area contributed by atoms with Crippen molar-refractivity contribution >= 4 is 5.82 Å². The van der Waals surface area contributed by atoms with E-state index in [-0.39, 0.29) is 0 Å². The lowest BCUT2D eigenvalue weighted by Gasteiger charge is -2.40. The third kappa shape index (κ3) is 2.28. The Morgan fingerprint density at radius 1 is 1.25 bits per heavy atom. The molecule has 0 N–H and O–H groups in total. The highest BCUT2D eigenvalue weighted by Gasteiger charge is 2.31. The summed E-state index contributed by atoms with van der Waals surface area (Å²) in [6, 6.07) is 2.11. The summed E-state index contributed by atoms with van der Waals surface area (Å²) in [7, 11) is 0. The molecule has 0 aromatic carbocycles. The maximum absolute atomic E-state index is 4.74. The molecule has 2 aromatic heterocycles. The Morgan fingerprint density at radius 3 is 2.80 bits per heavy atom. The first kappa shape index (κ1) is 11.9. The van der Waals surface area contributed by atoms with Crippen LogP contribution < -0.4 is 4.90 Å². The number of hydrogen-bond donors (Lipinski definition) is 0. The molecular formula is C15H19N5. The van der Waals surface area contributed by atoms with Gasteiger partial charge >= 0.3 is 0 Å². The summed E-state index contributed by atoms with van der Waals surface area (Å²) in [6.07, 6.45) is 8.27. The number of imidazole rings is 1. The Kier molecular flexibility index (Phi) is 2.72. The van der Waals surface area contributed by atoms with Gasteiger partial charge in [0.2, 0.25) is 0 Å². The van der Waals surface area contributed by atoms with E-state index in [4.69, 9.17) is 4.98 Å². The first-order valence-electron chi connectivity index (χ1n) is 7.34. The van der Waals surface area contributed by atoms with E-state index in [2.05, 4.69) is 32.4 Å². The van der Waals surface area contributed by atoms with Crippen LogP contribution in [-0.4, -0.2) is 32.6 Å². The van der Waals surface area contributed by atoms with Gasteiger partial charge in [0, 0.05) is 55.6 Å². The van der Waals surface area contributed by atoms with E-state index >= 15 is 0 Å². The van der Waals surface area contributed by atoms with Crippen molar-refractivity contribution in [2.45, 2.75) is 32.2 Å². The molecule has 0 radical (unpaired) electrons. The van der Waals surface area contributed by atoms with Gasteiger partial charge in [-0.3, -0.25) is 0 Å². The van der Waals surface area contributed by atoms with Crippen LogP contribution in [0.2, 0.25) is 0 Å². The van der Waals surface area contributed by atoms with Crippen molar-refractivity contribution in [3.63, 3.8) is 0 Å². The van der Waals surface area contributed by atoms with Crippen LogP contribution in [0.4, 0.5) is 5.82 Å². The zero-order valence-corrected chi connectivity index (χ0v) is 11.7. The van der Waals surface area contributed by atoms with E-state index in [9.17, 15) is 0 Å². The van der Waals surface area contributed by atoms with E-state index in [1.807, 2.05) is 18.7 Å². The summed E-state index contributed by atoms with van der Waals surface area (Å²) in [6.45, 7) is 5.29. The molecule has 104 valence electrons. The largest absolute Gasteiger partial charge is 0.356 e. The fourth-order valence-corrected chi connectivity index (χ4v) is 2.83. The Morgan fingerprint density at radius 2 is 2.10 bits per heavy atom. The molecule has 5 nitrogen and oxygen atoms in total. The highest BCUT2D eigenvalue weighted by molar-refractivity contribution is 5.43. The van der Waals surface area contributed by atoms with Gasteiger partial charge in [-0.15, -0.1) is 0 Å². The number of aryl methyl sites for hydroxylation is 1. The van der Waals surface area contributed by atoms with Crippen LogP contribution in [0.15, 0.2) is 24.8 Å². The molecule has 4 rings (SSSR count). The summed E-state index contributed by atoms with van der Waals surface area (Å²) in [5.74, 6) is 3.49. The molecule has 1 aliphatic carbocycles. The van der Waals surface area contributed by atoms with Gasteiger partial charge in [0.1, 0.15) is 11.6 Å². The molecule has 0 bridgehead atoms. The second-order valence-electron chi connectivity index (χ2n) is 6.03. The molecule has 0 atom stereocenters. The Balaban J connectivity index is 1.42. The minimum Gasteiger partial charge on any atom is -0.356 e. The van der Waals surface area contributed by atoms with Crippen LogP contribution in [0.1, 0.15) is 30.3 Å². The summed E-state index contributed by atoms with van der Waals surface area (Å²) in [4.78, 5) is 15.8. The van der Waals surface area contributed by atoms with Gasteiger partial charge in [0.15, 0.2) is 0 Å². The molecule has 0 amide bonds. The van der Waals surface area contributed by atoms with Gasteiger partial charge in [-0.2, -0.15) is 0 Å². The van der Waals surface area contributed by atoms with Crippen molar-refractivity contribution in [3.8, 4) is 0 Å². The molecule has 2 aliphatic rings. The van der Waals surface area contributed by atoms with Gasteiger partial charge in [0.05, 0.1) is 6.33 Å². The highest BCUT2D eigenvalue weighted by atomic mass is 15.3. The highest BCUT2D eigenvalue weighted by Crippen LogP contribution is 2.39. The second kappa shape index (κ2) is 4.58. The predicted molar refractivity (Wildman–Crippen MR) is 76.7 cm³/mol. The lowest BCUT2D eigenvalue weighted by Crippen LogP contribution is -2.49. The molecule has 1 saturated heterocycles. The zero-order valence-electron chi connectivity index (χ0n) is 11.7. The normalized spacial score (nSPS) is 19.1. The van der Waals surface area contributed by atoms with Crippen LogP contribution in [0.25, 0.3) is 0 Å². The van der Waals surface area contributed by atoms with Crippen LogP contribution in [0, 0.1) is 12.8 Å². The maximum atomic E-state index is 4.74. The molecule has 2 aromatic rings. The molecule has 5 heteroatoms. The van der Waals surface area contributed by atoms with Crippen molar-refractivity contribution < 1.29 is 0 Å². The molecule has 1 saturated carbocycles. The minimum atomic E-state index is 0.622. The molecular weight excluding hydrogens is 250 g/mol. The minimum absolute atomic E-state index is 0.622. The average Bonchev–Trinajstić information content (AvgIpc) is 3.11. The molecule has 1 aliphatic heterocycles. The Hall–Kier alpha value is -1.91. The first-order chi connectivity index (χ1) is 9.78. The van der Waals surface area contributed by atoms with Crippen molar-refractivity contribution in [3.05, 3.63) is 36.3 Å². The summed E-state index contributed by atoms with van der Waals surface area (Å²) in [5, 5.41) is 0. The number of anilines is 1. The summed E-state index contributed by atoms with van der Waals surface area (Å²) in [5.41, 5.74) is 1.09. The number of rotatable bonds is 4. The molecule has 0 unspecified atom stereocenters. The number of hydrogen-bond acceptors (Lipinski definition) is 4. The molecule has 0 spiro atoms. The van der Waals surface area contributed by atoms with Crippen molar-refractivity contribution in [2.75, 3.05) is 18.0 Å². The van der Waals surface area contributed by atoms with E-state index in [1.165, 1.54) is 12.8 Å². The predicted octanol–water partition coefficient (Wildman–Crippen LogP) is 2.00. The number of nitrogens with zero attached hydrogens (tertiary/aromatic N) is 5. The van der Waals surface area contributed by atoms with Crippen LogP contribution in [0.5, 0.6) is 0 Å². The van der Waals surface area contributed by atoms with Crippen LogP contribution >= 0.6 is 0 Å². The van der Waals surface area contributed by atoms with Crippen molar-refractivity contribution in [1.82, 2.24) is 19.5 Å². The van der Waals surface area contributed by atoms with Crippen molar-refractivity contribution in [1.29, 1.82) is 0 Å². The maximum Gasteiger partial charge on any atom is 0.134 e. The second-order valence-corrected chi connectivity index (χ2v) is 6.03. The SMILES string of the molecule is Cc1cc(N2CC(Cn3ccnc3)C2)nc(C2CC2)n1. The van der Waals surface area contributed by atoms with Crippen molar-refractivity contribution in [2.24, 2.45) is 5.92 Å². The first-order valence-corrected chi connectivity index (χ1v) is 7.34. The van der Waals surface area contributed by atoms with E-state index in [0.717, 1.165) is 37.0 Å². The summed E-state index contributed by atoms with van der Waals surface area (Å²) < 4.78 is 2.16. The lowest BCUT2D eigenvalue weighted by atomic mass is 10.00. The van der Waals surface area contributed by atoms with Gasteiger partial charge in [0.25, 0.3) is 0 Å². The third-order valence-corrected chi connectivity index (χ3v) is 4.11. The van der Waals surface area contributed by atoms with Gasteiger partial charge < -0.3 is 9.47 Å². The lowest BCUT2D eigenvalue weighted by molar-refractivity contribution is 0.355. The van der Waals surface area contributed by atoms with E-state index in [0.29, 0.717) is 11.8 Å². The van der Waals surface area contributed by atoms with Crippen LogP contribution in [-0.2, 0) is 6.54 Å². The van der Waals surface area contributed by atoms with E-state index in [1.54, 1.807) is 0 Å². The molecule has 2 fully saturated rings. The van der Waals surface area contributed by atoms with Gasteiger partial charge in [-0.1, -0.05) is 0 Å². The fourth-order valence-electron chi connectivity index (χ4n) is 2.83. The van der Waals surface area contributed by atoms with Gasteiger partial charge in [-0.25, -0.2) is 15.0 Å². The zero-order chi connectivity index (χ0) is 13.5. The third-order valence-electron chi connectivity index (χ3n) is 4.11. The molecule has 3 heterocycles. The molecule has 20 heavy (non-hydrogen) atoms. The van der Waals surface area contributed by atoms with Crippen LogP contribution in [0.3, 0.4) is 0 Å². The Bertz CT molecular complexity index is 597. The van der Waals surface area contributed by atoms with E-state index < -0.39 is 0 Å². The quantitative estimate of drug-likeness (QED) is 0.851. The number of aromatic nitrogens is 4. The summed E-state index contributed by atoms with van der Waals surface area (Å²) >= 11 is 0. The standard InChI is InChI=1S/C15H19N5/c1-11-6-14(18-15(17-11)13-2-3-13)20-8-12(9-20)7-19-5-4-16-10-19/h4-6,10,12-13H,2-3,7-9H2,1H3. The van der Waals surface area contributed by atoms with Gasteiger partial charge in [-0.05, 0) is 19.8 Å². The topological polar surface area (TPSA) is 46.8 Å².